The quantitative estimate of drug-likeness (QED) is 0.648. The van der Waals surface area contributed by atoms with E-state index in [9.17, 15) is 9.90 Å². The van der Waals surface area contributed by atoms with Gasteiger partial charge in [-0.15, -0.1) is 0 Å². The molecule has 0 aliphatic rings. The summed E-state index contributed by atoms with van der Waals surface area (Å²) in [4.78, 5) is 11.1. The summed E-state index contributed by atoms with van der Waals surface area (Å²) in [6.45, 7) is 1.97. The average molecular weight is 247 g/mol. The van der Waals surface area contributed by atoms with Crippen molar-refractivity contribution >= 4 is 12.0 Å². The van der Waals surface area contributed by atoms with E-state index in [1.807, 2.05) is 6.07 Å². The molecule has 0 unspecified atom stereocenters. The Morgan fingerprint density at radius 2 is 2.28 bits per heavy atom. The number of nitrogens with zero attached hydrogens (tertiary/aromatic N) is 1. The number of methoxy groups -OCH3 is 1. The van der Waals surface area contributed by atoms with E-state index in [0.717, 1.165) is 0 Å². The number of phenolic OH excluding ortho intramolecular Hbond substituents is 1. The number of carbonyl (C=O) groups excluding carboxylic acids is 1. The van der Waals surface area contributed by atoms with E-state index in [0.29, 0.717) is 11.1 Å². The van der Waals surface area contributed by atoms with Gasteiger partial charge in [0.05, 0.1) is 25.3 Å². The summed E-state index contributed by atoms with van der Waals surface area (Å²) in [6.07, 6.45) is 2.55. The number of rotatable bonds is 4. The maximum absolute atomic E-state index is 11.1. The van der Waals surface area contributed by atoms with Gasteiger partial charge in [-0.1, -0.05) is 0 Å². The molecule has 1 aromatic rings. The highest BCUT2D eigenvalue weighted by atomic mass is 16.5. The van der Waals surface area contributed by atoms with Crippen LogP contribution in [0.15, 0.2) is 18.2 Å². The number of phenols is 1. The Morgan fingerprint density at radius 1 is 1.56 bits per heavy atom. The van der Waals surface area contributed by atoms with Crippen LogP contribution in [0.5, 0.6) is 11.5 Å². The Balaban J connectivity index is 3.09. The van der Waals surface area contributed by atoms with Crippen molar-refractivity contribution in [1.82, 2.24) is 0 Å². The second kappa shape index (κ2) is 6.30. The molecule has 18 heavy (non-hydrogen) atoms. The fraction of sp³-hybridized carbons (Fsp3) is 0.231. The number of ether oxygens (including phenoxy) is 2. The van der Waals surface area contributed by atoms with Crippen molar-refractivity contribution < 1.29 is 19.4 Å². The number of hydrogen-bond donors (Lipinski definition) is 1. The molecule has 1 rings (SSSR count). The molecule has 0 fully saturated rings. The van der Waals surface area contributed by atoms with Crippen molar-refractivity contribution in [2.45, 2.75) is 6.92 Å². The van der Waals surface area contributed by atoms with E-state index < -0.39 is 5.97 Å². The zero-order valence-electron chi connectivity index (χ0n) is 10.1. The number of hydrogen-bond acceptors (Lipinski definition) is 5. The van der Waals surface area contributed by atoms with Gasteiger partial charge in [-0.25, -0.2) is 4.79 Å². The van der Waals surface area contributed by atoms with Crippen LogP contribution in [0.1, 0.15) is 18.1 Å². The molecule has 94 valence electrons. The van der Waals surface area contributed by atoms with Crippen LogP contribution in [0.3, 0.4) is 0 Å². The molecule has 0 atom stereocenters. The smallest absolute Gasteiger partial charge is 0.330 e. The Labute approximate surface area is 105 Å². The lowest BCUT2D eigenvalue weighted by atomic mass is 10.1. The Hall–Kier alpha value is -2.48. The van der Waals surface area contributed by atoms with Gasteiger partial charge in [-0.2, -0.15) is 5.26 Å². The third kappa shape index (κ3) is 3.25. The minimum absolute atomic E-state index is 0.128. The summed E-state index contributed by atoms with van der Waals surface area (Å²) < 4.78 is 9.64. The maximum atomic E-state index is 11.1. The van der Waals surface area contributed by atoms with Crippen LogP contribution in [-0.2, 0) is 9.53 Å². The second-order valence-electron chi connectivity index (χ2n) is 3.31. The first-order valence-corrected chi connectivity index (χ1v) is 5.28. The first-order chi connectivity index (χ1) is 8.62. The third-order valence-corrected chi connectivity index (χ3v) is 2.14. The van der Waals surface area contributed by atoms with Crippen molar-refractivity contribution in [3.63, 3.8) is 0 Å². The molecule has 0 bridgehead atoms. The predicted octanol–water partition coefficient (Wildman–Crippen LogP) is 1.85. The van der Waals surface area contributed by atoms with Gasteiger partial charge in [0.1, 0.15) is 0 Å². The number of nitriles is 1. The molecular formula is C13H13NO4. The summed E-state index contributed by atoms with van der Waals surface area (Å²) in [6, 6.07) is 4.81. The van der Waals surface area contributed by atoms with Crippen molar-refractivity contribution in [2.24, 2.45) is 0 Å². The SMILES string of the molecule is CCOC(=O)C=Cc1cc(C#N)cc(OC)c1O. The first kappa shape index (κ1) is 13.6. The molecule has 5 heteroatoms. The monoisotopic (exact) mass is 247 g/mol. The van der Waals surface area contributed by atoms with Crippen LogP contribution >= 0.6 is 0 Å². The van der Waals surface area contributed by atoms with Gasteiger partial charge in [-0.05, 0) is 19.1 Å². The van der Waals surface area contributed by atoms with Gasteiger partial charge in [0.25, 0.3) is 0 Å². The van der Waals surface area contributed by atoms with Crippen LogP contribution in [-0.4, -0.2) is 24.8 Å². The normalized spacial score (nSPS) is 10.1. The average Bonchev–Trinajstić information content (AvgIpc) is 2.38. The molecule has 0 aliphatic heterocycles. The minimum atomic E-state index is -0.516. The number of aromatic hydroxyl groups is 1. The van der Waals surface area contributed by atoms with Crippen LogP contribution in [0.25, 0.3) is 6.08 Å². The summed E-state index contributed by atoms with van der Waals surface area (Å²) in [5.41, 5.74) is 0.645. The predicted molar refractivity (Wildman–Crippen MR) is 65.0 cm³/mol. The van der Waals surface area contributed by atoms with Crippen LogP contribution in [0, 0.1) is 11.3 Å². The molecular weight excluding hydrogens is 234 g/mol. The van der Waals surface area contributed by atoms with Crippen molar-refractivity contribution in [2.75, 3.05) is 13.7 Å². The maximum Gasteiger partial charge on any atom is 0.330 e. The minimum Gasteiger partial charge on any atom is -0.504 e. The lowest BCUT2D eigenvalue weighted by Gasteiger charge is -2.06. The van der Waals surface area contributed by atoms with Crippen LogP contribution in [0.4, 0.5) is 0 Å². The van der Waals surface area contributed by atoms with Crippen LogP contribution < -0.4 is 4.74 Å². The Morgan fingerprint density at radius 3 is 2.83 bits per heavy atom. The molecule has 0 aliphatic carbocycles. The molecule has 0 saturated carbocycles. The summed E-state index contributed by atoms with van der Waals surface area (Å²) in [5.74, 6) is -0.465. The standard InChI is InChI=1S/C13H13NO4/c1-3-18-12(15)5-4-10-6-9(8-14)7-11(17-2)13(10)16/h4-7,16H,3H2,1-2H3. The molecule has 0 spiro atoms. The number of benzene rings is 1. The highest BCUT2D eigenvalue weighted by Crippen LogP contribution is 2.32. The molecule has 1 N–H and O–H groups in total. The van der Waals surface area contributed by atoms with E-state index in [1.54, 1.807) is 6.92 Å². The lowest BCUT2D eigenvalue weighted by molar-refractivity contribution is -0.137. The highest BCUT2D eigenvalue weighted by molar-refractivity contribution is 5.88. The molecule has 0 amide bonds. The second-order valence-corrected chi connectivity index (χ2v) is 3.31. The zero-order chi connectivity index (χ0) is 13.5. The molecule has 0 heterocycles. The van der Waals surface area contributed by atoms with Gasteiger partial charge >= 0.3 is 5.97 Å². The molecule has 1 aromatic carbocycles. The molecule has 0 aromatic heterocycles. The van der Waals surface area contributed by atoms with E-state index in [2.05, 4.69) is 0 Å². The third-order valence-electron chi connectivity index (χ3n) is 2.14. The van der Waals surface area contributed by atoms with Gasteiger partial charge in [-0.3, -0.25) is 0 Å². The number of carbonyl (C=O) groups is 1. The highest BCUT2D eigenvalue weighted by Gasteiger charge is 2.09. The van der Waals surface area contributed by atoms with E-state index >= 15 is 0 Å². The topological polar surface area (TPSA) is 79.6 Å². The van der Waals surface area contributed by atoms with Crippen LogP contribution in [0.2, 0.25) is 0 Å². The summed E-state index contributed by atoms with van der Waals surface area (Å²) >= 11 is 0. The van der Waals surface area contributed by atoms with Gasteiger partial charge in [0.2, 0.25) is 0 Å². The first-order valence-electron chi connectivity index (χ1n) is 5.28. The van der Waals surface area contributed by atoms with Gasteiger partial charge < -0.3 is 14.6 Å². The lowest BCUT2D eigenvalue weighted by Crippen LogP contribution is -1.98. The summed E-state index contributed by atoms with van der Waals surface area (Å²) in [5, 5.41) is 18.6. The van der Waals surface area contributed by atoms with Crippen molar-refractivity contribution in [3.8, 4) is 17.6 Å². The van der Waals surface area contributed by atoms with Gasteiger partial charge in [0.15, 0.2) is 11.5 Å². The fourth-order valence-corrected chi connectivity index (χ4v) is 1.32. The Kier molecular flexibility index (Phi) is 4.76. The fourth-order valence-electron chi connectivity index (χ4n) is 1.32. The molecule has 0 saturated heterocycles. The van der Waals surface area contributed by atoms with Crippen molar-refractivity contribution in [1.29, 1.82) is 5.26 Å². The summed E-state index contributed by atoms with van der Waals surface area (Å²) in [7, 11) is 1.38. The van der Waals surface area contributed by atoms with Gasteiger partial charge in [0, 0.05) is 17.7 Å². The van der Waals surface area contributed by atoms with E-state index in [4.69, 9.17) is 14.7 Å². The molecule has 5 nitrogen and oxygen atoms in total. The van der Waals surface area contributed by atoms with Crippen molar-refractivity contribution in [3.05, 3.63) is 29.3 Å². The zero-order valence-corrected chi connectivity index (χ0v) is 10.1. The largest absolute Gasteiger partial charge is 0.504 e. The van der Waals surface area contributed by atoms with E-state index in [1.165, 1.54) is 31.4 Å². The molecule has 0 radical (unpaired) electrons. The van der Waals surface area contributed by atoms with E-state index in [-0.39, 0.29) is 18.1 Å². The number of esters is 1. The Bertz CT molecular complexity index is 514.